The number of aliphatic hydroxyl groups is 1. The Morgan fingerprint density at radius 2 is 1.94 bits per heavy atom. The van der Waals surface area contributed by atoms with E-state index in [4.69, 9.17) is 5.11 Å². The Bertz CT molecular complexity index is 456. The summed E-state index contributed by atoms with van der Waals surface area (Å²) in [6.07, 6.45) is 0.762. The molecule has 0 bridgehead atoms. The number of halogens is 1. The largest absolute Gasteiger partial charge is 1.00 e. The molecule has 0 saturated carbocycles. The molecule has 92 valence electrons. The molecule has 1 aromatic heterocycles. The van der Waals surface area contributed by atoms with Crippen molar-refractivity contribution in [2.45, 2.75) is 19.9 Å². The number of thiazole rings is 1. The quantitative estimate of drug-likeness (QED) is 0.714. The van der Waals surface area contributed by atoms with Gasteiger partial charge in [-0.05, 0) is 0 Å². The lowest BCUT2D eigenvalue weighted by atomic mass is 10.2. The highest BCUT2D eigenvalue weighted by Gasteiger charge is 2.14. The van der Waals surface area contributed by atoms with Crippen LogP contribution in [-0.2, 0) is 13.0 Å². The van der Waals surface area contributed by atoms with Crippen molar-refractivity contribution in [1.29, 1.82) is 0 Å². The van der Waals surface area contributed by atoms with Crippen LogP contribution in [0.2, 0.25) is 0 Å². The number of hydrogen-bond acceptors (Lipinski definition) is 2. The molecule has 0 unspecified atom stereocenters. The number of hydrogen-bond donors (Lipinski definition) is 1. The van der Waals surface area contributed by atoms with Crippen LogP contribution in [0.15, 0.2) is 35.8 Å². The van der Waals surface area contributed by atoms with Crippen molar-refractivity contribution >= 4 is 11.3 Å². The minimum atomic E-state index is 0. The first-order valence-corrected chi connectivity index (χ1v) is 6.30. The van der Waals surface area contributed by atoms with Gasteiger partial charge in [0.2, 0.25) is 5.51 Å². The molecule has 2 nitrogen and oxygen atoms in total. The van der Waals surface area contributed by atoms with Crippen LogP contribution in [-0.4, -0.2) is 11.7 Å². The Kier molecular flexibility index (Phi) is 5.82. The van der Waals surface area contributed by atoms with Gasteiger partial charge in [0.25, 0.3) is 0 Å². The zero-order valence-electron chi connectivity index (χ0n) is 9.77. The van der Waals surface area contributed by atoms with E-state index in [1.54, 1.807) is 11.3 Å². The SMILES string of the molecule is Cc1c(CCO)sc[n+]1Cc1ccccc1.[Br-]. The van der Waals surface area contributed by atoms with Crippen LogP contribution in [0.1, 0.15) is 16.1 Å². The highest BCUT2D eigenvalue weighted by molar-refractivity contribution is 7.09. The van der Waals surface area contributed by atoms with Crippen molar-refractivity contribution in [2.24, 2.45) is 0 Å². The van der Waals surface area contributed by atoms with E-state index < -0.39 is 0 Å². The highest BCUT2D eigenvalue weighted by Crippen LogP contribution is 2.12. The van der Waals surface area contributed by atoms with Crippen LogP contribution in [0.25, 0.3) is 0 Å². The van der Waals surface area contributed by atoms with Crippen molar-refractivity contribution < 1.29 is 26.7 Å². The number of benzene rings is 1. The summed E-state index contributed by atoms with van der Waals surface area (Å²) in [4.78, 5) is 1.28. The molecule has 1 heterocycles. The molecule has 17 heavy (non-hydrogen) atoms. The molecular formula is C13H16BrNOS. The van der Waals surface area contributed by atoms with E-state index in [0.29, 0.717) is 0 Å². The molecular weight excluding hydrogens is 298 g/mol. The van der Waals surface area contributed by atoms with Crippen LogP contribution in [0.4, 0.5) is 0 Å². The first-order valence-electron chi connectivity index (χ1n) is 5.42. The Morgan fingerprint density at radius 1 is 1.24 bits per heavy atom. The van der Waals surface area contributed by atoms with Crippen LogP contribution in [0, 0.1) is 6.92 Å². The van der Waals surface area contributed by atoms with Gasteiger partial charge < -0.3 is 22.1 Å². The number of aromatic nitrogens is 1. The third-order valence-corrected chi connectivity index (χ3v) is 3.84. The lowest BCUT2D eigenvalue weighted by Crippen LogP contribution is -3.00. The molecule has 0 fully saturated rings. The fraction of sp³-hybridized carbons (Fsp3) is 0.308. The van der Waals surface area contributed by atoms with Crippen molar-refractivity contribution in [3.8, 4) is 0 Å². The summed E-state index contributed by atoms with van der Waals surface area (Å²) >= 11 is 1.72. The van der Waals surface area contributed by atoms with Gasteiger partial charge in [0, 0.05) is 25.5 Å². The van der Waals surface area contributed by atoms with E-state index in [9.17, 15) is 0 Å². The molecule has 4 heteroatoms. The van der Waals surface area contributed by atoms with Gasteiger partial charge in [-0.25, -0.2) is 0 Å². The second kappa shape index (κ2) is 6.89. The maximum Gasteiger partial charge on any atom is 0.225 e. The Labute approximate surface area is 116 Å². The van der Waals surface area contributed by atoms with Crippen molar-refractivity contribution in [3.63, 3.8) is 0 Å². The van der Waals surface area contributed by atoms with Crippen molar-refractivity contribution in [3.05, 3.63) is 52.0 Å². The smallest absolute Gasteiger partial charge is 0.225 e. The minimum Gasteiger partial charge on any atom is -1.00 e. The normalized spacial score (nSPS) is 10.0. The Morgan fingerprint density at radius 3 is 2.59 bits per heavy atom. The van der Waals surface area contributed by atoms with Gasteiger partial charge in [0.05, 0.1) is 4.88 Å². The van der Waals surface area contributed by atoms with Gasteiger partial charge in [-0.15, -0.1) is 0 Å². The molecule has 1 aromatic carbocycles. The van der Waals surface area contributed by atoms with Gasteiger partial charge in [-0.1, -0.05) is 41.7 Å². The highest BCUT2D eigenvalue weighted by atomic mass is 79.9. The summed E-state index contributed by atoms with van der Waals surface area (Å²) in [5.74, 6) is 0. The summed E-state index contributed by atoms with van der Waals surface area (Å²) in [6.45, 7) is 3.26. The number of aliphatic hydroxyl groups excluding tert-OH is 1. The molecule has 0 spiro atoms. The Hall–Kier alpha value is -0.710. The zero-order valence-corrected chi connectivity index (χ0v) is 12.2. The molecule has 1 N–H and O–H groups in total. The minimum absolute atomic E-state index is 0. The van der Waals surface area contributed by atoms with E-state index >= 15 is 0 Å². The summed E-state index contributed by atoms with van der Waals surface area (Å²) in [5.41, 5.74) is 4.71. The average Bonchev–Trinajstić information content (AvgIpc) is 2.64. The molecule has 0 aliphatic carbocycles. The Balaban J connectivity index is 0.00000144. The lowest BCUT2D eigenvalue weighted by molar-refractivity contribution is -0.689. The average molecular weight is 314 g/mol. The number of rotatable bonds is 4. The molecule has 0 saturated heterocycles. The van der Waals surface area contributed by atoms with Gasteiger partial charge in [-0.2, -0.15) is 4.57 Å². The molecule has 0 atom stereocenters. The monoisotopic (exact) mass is 313 g/mol. The standard InChI is InChI=1S/C13H16NOS.BrH/c1-11-13(7-8-15)16-10-14(11)9-12-5-3-2-4-6-12;/h2-6,10,15H,7-9H2,1H3;1H/q+1;/p-1. The third-order valence-electron chi connectivity index (χ3n) is 2.69. The topological polar surface area (TPSA) is 24.1 Å². The second-order valence-electron chi connectivity index (χ2n) is 3.82. The van der Waals surface area contributed by atoms with Gasteiger partial charge in [0.15, 0.2) is 12.2 Å². The lowest BCUT2D eigenvalue weighted by Gasteiger charge is -1.97. The predicted octanol–water partition coefficient (Wildman–Crippen LogP) is -1.07. The maximum atomic E-state index is 8.94. The van der Waals surface area contributed by atoms with E-state index in [0.717, 1.165) is 13.0 Å². The summed E-state index contributed by atoms with van der Waals surface area (Å²) in [5, 5.41) is 8.94. The molecule has 0 aliphatic rings. The summed E-state index contributed by atoms with van der Waals surface area (Å²) in [6, 6.07) is 10.4. The summed E-state index contributed by atoms with van der Waals surface area (Å²) in [7, 11) is 0. The molecule has 0 radical (unpaired) electrons. The first kappa shape index (κ1) is 14.4. The van der Waals surface area contributed by atoms with Crippen LogP contribution >= 0.6 is 11.3 Å². The maximum absolute atomic E-state index is 8.94. The fourth-order valence-corrected chi connectivity index (χ4v) is 2.71. The molecule has 0 amide bonds. The fourth-order valence-electron chi connectivity index (χ4n) is 1.73. The van der Waals surface area contributed by atoms with E-state index in [1.807, 2.05) is 6.07 Å². The van der Waals surface area contributed by atoms with E-state index in [2.05, 4.69) is 41.3 Å². The zero-order chi connectivity index (χ0) is 11.4. The molecule has 0 aliphatic heterocycles. The van der Waals surface area contributed by atoms with Crippen LogP contribution in [0.3, 0.4) is 0 Å². The van der Waals surface area contributed by atoms with E-state index in [-0.39, 0.29) is 23.6 Å². The van der Waals surface area contributed by atoms with Crippen LogP contribution < -0.4 is 21.5 Å². The van der Waals surface area contributed by atoms with Crippen molar-refractivity contribution in [1.82, 2.24) is 0 Å². The third kappa shape index (κ3) is 3.63. The molecule has 2 rings (SSSR count). The second-order valence-corrected chi connectivity index (χ2v) is 4.76. The van der Waals surface area contributed by atoms with Gasteiger partial charge >= 0.3 is 0 Å². The van der Waals surface area contributed by atoms with Gasteiger partial charge in [-0.3, -0.25) is 0 Å². The summed E-state index contributed by atoms with van der Waals surface area (Å²) < 4.78 is 2.24. The van der Waals surface area contributed by atoms with Crippen LogP contribution in [0.5, 0.6) is 0 Å². The van der Waals surface area contributed by atoms with Crippen molar-refractivity contribution in [2.75, 3.05) is 6.61 Å². The first-order chi connectivity index (χ1) is 7.81. The van der Waals surface area contributed by atoms with Gasteiger partial charge in [0.1, 0.15) is 0 Å². The van der Waals surface area contributed by atoms with E-state index in [1.165, 1.54) is 16.1 Å². The molecule has 2 aromatic rings. The predicted molar refractivity (Wildman–Crippen MR) is 65.6 cm³/mol. The number of nitrogens with zero attached hydrogens (tertiary/aromatic N) is 1.